The van der Waals surface area contributed by atoms with E-state index in [0.29, 0.717) is 0 Å². The summed E-state index contributed by atoms with van der Waals surface area (Å²) in [7, 11) is 0. The summed E-state index contributed by atoms with van der Waals surface area (Å²) in [6, 6.07) is 110. The third-order valence-corrected chi connectivity index (χ3v) is 16.6. The van der Waals surface area contributed by atoms with Crippen molar-refractivity contribution in [1.29, 1.82) is 0 Å². The largest absolute Gasteiger partial charge is 0.456 e. The van der Waals surface area contributed by atoms with E-state index in [1.165, 1.54) is 33.4 Å². The molecule has 2 aliphatic heterocycles. The molecule has 2 heterocycles. The first-order chi connectivity index (χ1) is 38.7. The van der Waals surface area contributed by atoms with Gasteiger partial charge in [0.1, 0.15) is 23.0 Å². The van der Waals surface area contributed by atoms with Gasteiger partial charge < -0.3 is 9.47 Å². The minimum Gasteiger partial charge on any atom is -0.456 e. The zero-order chi connectivity index (χ0) is 51.6. The lowest BCUT2D eigenvalue weighted by atomic mass is 9.63. The Morgan fingerprint density at radius 1 is 0.218 bits per heavy atom. The van der Waals surface area contributed by atoms with Crippen LogP contribution in [0.15, 0.2) is 303 Å². The van der Waals surface area contributed by atoms with Gasteiger partial charge in [-0.15, -0.1) is 0 Å². The summed E-state index contributed by atoms with van der Waals surface area (Å²) in [6.07, 6.45) is 0. The van der Waals surface area contributed by atoms with Gasteiger partial charge in [0.25, 0.3) is 0 Å². The minimum atomic E-state index is -0.674. The van der Waals surface area contributed by atoms with Crippen LogP contribution in [0.3, 0.4) is 0 Å². The topological polar surface area (TPSA) is 18.5 Å². The third kappa shape index (κ3) is 6.76. The summed E-state index contributed by atoms with van der Waals surface area (Å²) in [5, 5.41) is 4.55. The van der Waals surface area contributed by atoms with Crippen molar-refractivity contribution < 1.29 is 9.47 Å². The zero-order valence-corrected chi connectivity index (χ0v) is 42.7. The first-order valence-electron chi connectivity index (χ1n) is 26.9. The Hall–Kier alpha value is -10.0. The van der Waals surface area contributed by atoms with Gasteiger partial charge in [-0.2, -0.15) is 0 Å². The van der Waals surface area contributed by atoms with Gasteiger partial charge in [0.2, 0.25) is 0 Å². The smallest absolute Gasteiger partial charge is 0.140 e. The Morgan fingerprint density at radius 3 is 0.974 bits per heavy atom. The first kappa shape index (κ1) is 45.4. The number of fused-ring (bicyclic) bond motifs is 6. The van der Waals surface area contributed by atoms with Gasteiger partial charge in [-0.1, -0.05) is 285 Å². The molecule has 0 radical (unpaired) electrons. The van der Waals surface area contributed by atoms with E-state index in [-0.39, 0.29) is 0 Å². The summed E-state index contributed by atoms with van der Waals surface area (Å²) in [5.74, 6) is 3.37. The fourth-order valence-corrected chi connectivity index (χ4v) is 13.4. The lowest BCUT2D eigenvalue weighted by Gasteiger charge is -2.42. The summed E-state index contributed by atoms with van der Waals surface area (Å²) in [6.45, 7) is 0. The zero-order valence-electron chi connectivity index (χ0n) is 42.7. The molecule has 2 nitrogen and oxygen atoms in total. The molecular formula is C76H50O2. The number of benzene rings is 13. The molecule has 0 aromatic heterocycles. The summed E-state index contributed by atoms with van der Waals surface area (Å²) < 4.78 is 14.7. The van der Waals surface area contributed by atoms with Crippen molar-refractivity contribution in [2.45, 2.75) is 10.8 Å². The average Bonchev–Trinajstić information content (AvgIpc) is 3.42. The van der Waals surface area contributed by atoms with Gasteiger partial charge >= 0.3 is 0 Å². The Kier molecular flexibility index (Phi) is 10.7. The maximum absolute atomic E-state index is 7.35. The van der Waals surface area contributed by atoms with Crippen molar-refractivity contribution >= 4 is 21.5 Å². The normalized spacial score (nSPS) is 13.5. The van der Waals surface area contributed by atoms with Crippen molar-refractivity contribution in [2.24, 2.45) is 0 Å². The van der Waals surface area contributed by atoms with Gasteiger partial charge in [0.15, 0.2) is 0 Å². The van der Waals surface area contributed by atoms with Crippen molar-refractivity contribution in [3.05, 3.63) is 348 Å². The highest BCUT2D eigenvalue weighted by molar-refractivity contribution is 6.20. The fourth-order valence-electron chi connectivity index (χ4n) is 13.4. The van der Waals surface area contributed by atoms with Crippen LogP contribution in [0.2, 0.25) is 0 Å². The van der Waals surface area contributed by atoms with E-state index in [2.05, 4.69) is 303 Å². The Balaban J connectivity index is 1.05. The van der Waals surface area contributed by atoms with Crippen LogP contribution in [0, 0.1) is 0 Å². The second kappa shape index (κ2) is 18.4. The second-order valence-corrected chi connectivity index (χ2v) is 20.5. The molecule has 0 saturated carbocycles. The van der Waals surface area contributed by atoms with Crippen LogP contribution in [0.1, 0.15) is 44.5 Å². The van der Waals surface area contributed by atoms with E-state index in [9.17, 15) is 0 Å². The van der Waals surface area contributed by atoms with E-state index in [1.54, 1.807) is 0 Å². The maximum atomic E-state index is 7.35. The van der Waals surface area contributed by atoms with Crippen LogP contribution < -0.4 is 9.47 Å². The molecule has 0 atom stereocenters. The third-order valence-electron chi connectivity index (χ3n) is 16.6. The number of hydrogen-bond donors (Lipinski definition) is 0. The fraction of sp³-hybridized carbons (Fsp3) is 0.0263. The van der Waals surface area contributed by atoms with Gasteiger partial charge in [-0.25, -0.2) is 0 Å². The molecule has 0 bridgehead atoms. The molecule has 0 amide bonds. The quantitative estimate of drug-likeness (QED) is 0.141. The van der Waals surface area contributed by atoms with Crippen LogP contribution >= 0.6 is 0 Å². The molecule has 0 spiro atoms. The summed E-state index contributed by atoms with van der Waals surface area (Å²) in [4.78, 5) is 0. The molecular weight excluding hydrogens is 945 g/mol. The highest BCUT2D eigenvalue weighted by atomic mass is 16.5. The van der Waals surface area contributed by atoms with Crippen LogP contribution in [0.4, 0.5) is 0 Å². The maximum Gasteiger partial charge on any atom is 0.140 e. The van der Waals surface area contributed by atoms with Crippen LogP contribution in [0.25, 0.3) is 66.1 Å². The number of rotatable bonds is 8. The highest BCUT2D eigenvalue weighted by Gasteiger charge is 2.47. The van der Waals surface area contributed by atoms with Crippen molar-refractivity contribution in [2.75, 3.05) is 0 Å². The Morgan fingerprint density at radius 2 is 0.538 bits per heavy atom. The standard InChI is InChI=1S/C76H50O2/c1-6-26-51(27-7-1)56-36-16-17-37-59(56)72-60-40-22-38-57(62-42-24-46-68-73(62)77-70-48-20-18-44-66(70)75(68,52-28-8-2-9-29-52)53-30-10-3-11-31-53)64(60)50-65-58(39-23-41-61(65)72)63-43-25-47-69-74(63)78-71-49-21-19-45-67(71)76(69,54-32-12-4-13-33-54)55-34-14-5-15-35-55/h1-50H. The van der Waals surface area contributed by atoms with Gasteiger partial charge in [0, 0.05) is 33.4 Å². The van der Waals surface area contributed by atoms with Crippen molar-refractivity contribution in [3.8, 4) is 67.5 Å². The number of hydrogen-bond acceptors (Lipinski definition) is 2. The molecule has 0 aliphatic carbocycles. The van der Waals surface area contributed by atoms with E-state index in [1.807, 2.05) is 0 Å². The van der Waals surface area contributed by atoms with Crippen molar-refractivity contribution in [1.82, 2.24) is 0 Å². The van der Waals surface area contributed by atoms with Crippen LogP contribution in [-0.4, -0.2) is 0 Å². The molecule has 0 unspecified atom stereocenters. The predicted molar refractivity (Wildman–Crippen MR) is 320 cm³/mol. The summed E-state index contributed by atoms with van der Waals surface area (Å²) in [5.41, 5.74) is 16.7. The molecule has 2 aliphatic rings. The van der Waals surface area contributed by atoms with Gasteiger partial charge in [0.05, 0.1) is 10.8 Å². The SMILES string of the molecule is c1ccc(-c2ccccc2-c2c3cccc(-c4cccc5c4Oc4ccccc4C5(c4ccccc4)c4ccccc4)c3cc3c(-c4cccc5c4Oc4ccccc4C5(c4ccccc4)c4ccccc4)cccc23)cc1. The van der Waals surface area contributed by atoms with E-state index >= 15 is 0 Å². The highest BCUT2D eigenvalue weighted by Crippen LogP contribution is 2.60. The Bertz CT molecular complexity index is 4090. The van der Waals surface area contributed by atoms with Crippen LogP contribution in [0.5, 0.6) is 23.0 Å². The second-order valence-electron chi connectivity index (χ2n) is 20.5. The van der Waals surface area contributed by atoms with E-state index < -0.39 is 10.8 Å². The molecule has 0 N–H and O–H groups in total. The minimum absolute atomic E-state index is 0.674. The molecule has 15 rings (SSSR count). The molecule has 78 heavy (non-hydrogen) atoms. The monoisotopic (exact) mass is 994 g/mol. The van der Waals surface area contributed by atoms with Gasteiger partial charge in [-0.05, 0) is 95.4 Å². The first-order valence-corrected chi connectivity index (χ1v) is 26.9. The van der Waals surface area contributed by atoms with Crippen LogP contribution in [-0.2, 0) is 10.8 Å². The van der Waals surface area contributed by atoms with Crippen molar-refractivity contribution in [3.63, 3.8) is 0 Å². The predicted octanol–water partition coefficient (Wildman–Crippen LogP) is 19.6. The molecule has 0 fully saturated rings. The molecule has 13 aromatic carbocycles. The van der Waals surface area contributed by atoms with E-state index in [4.69, 9.17) is 9.47 Å². The molecule has 2 heteroatoms. The van der Waals surface area contributed by atoms with Gasteiger partial charge in [-0.3, -0.25) is 0 Å². The lowest BCUT2D eigenvalue weighted by molar-refractivity contribution is 0.436. The number of para-hydroxylation sites is 4. The summed E-state index contributed by atoms with van der Waals surface area (Å²) >= 11 is 0. The average molecular weight is 995 g/mol. The number of ether oxygens (including phenoxy) is 2. The molecule has 0 saturated heterocycles. The Labute approximate surface area is 454 Å². The molecule has 13 aromatic rings. The molecule has 366 valence electrons. The lowest BCUT2D eigenvalue weighted by Crippen LogP contribution is -2.34. The van der Waals surface area contributed by atoms with E-state index in [0.717, 1.165) is 100 Å².